The Kier molecular flexibility index (Phi) is 7.54. The Morgan fingerprint density at radius 1 is 0.833 bits per heavy atom. The molecule has 160 valence electrons. The molecule has 1 saturated heterocycles. The summed E-state index contributed by atoms with van der Waals surface area (Å²) in [5, 5.41) is 0. The van der Waals surface area contributed by atoms with Gasteiger partial charge in [0.1, 0.15) is 22.8 Å². The molecule has 1 aliphatic rings. The lowest BCUT2D eigenvalue weighted by atomic mass is 10.1. The summed E-state index contributed by atoms with van der Waals surface area (Å²) in [6, 6.07) is 14.8. The minimum absolute atomic E-state index is 0.0913. The maximum atomic E-state index is 13.0. The average molecular weight is 412 g/mol. The minimum Gasteiger partial charge on any atom is -0.496 e. The van der Waals surface area contributed by atoms with E-state index in [1.807, 2.05) is 35.2 Å². The van der Waals surface area contributed by atoms with Gasteiger partial charge >= 0.3 is 0 Å². The van der Waals surface area contributed by atoms with Gasteiger partial charge in [-0.1, -0.05) is 24.3 Å². The number of carbonyl (C=O) groups is 2. The summed E-state index contributed by atoms with van der Waals surface area (Å²) in [7, 11) is 3.06. The molecular weight excluding hydrogens is 384 g/mol. The van der Waals surface area contributed by atoms with Crippen molar-refractivity contribution < 1.29 is 23.8 Å². The van der Waals surface area contributed by atoms with Gasteiger partial charge in [0.05, 0.1) is 20.8 Å². The molecule has 1 aliphatic heterocycles. The van der Waals surface area contributed by atoms with Crippen molar-refractivity contribution in [1.29, 1.82) is 0 Å². The molecule has 7 heteroatoms. The fourth-order valence-corrected chi connectivity index (χ4v) is 3.47. The van der Waals surface area contributed by atoms with E-state index in [1.54, 1.807) is 23.1 Å². The van der Waals surface area contributed by atoms with Gasteiger partial charge < -0.3 is 24.0 Å². The van der Waals surface area contributed by atoms with Crippen molar-refractivity contribution in [3.05, 3.63) is 54.1 Å². The molecule has 7 nitrogen and oxygen atoms in total. The van der Waals surface area contributed by atoms with Crippen molar-refractivity contribution in [2.45, 2.75) is 12.8 Å². The predicted molar refractivity (Wildman–Crippen MR) is 113 cm³/mol. The molecule has 3 rings (SSSR count). The lowest BCUT2D eigenvalue weighted by molar-refractivity contribution is -0.132. The molecule has 0 aromatic heterocycles. The zero-order chi connectivity index (χ0) is 21.3. The molecule has 2 aromatic rings. The Morgan fingerprint density at radius 2 is 1.43 bits per heavy atom. The van der Waals surface area contributed by atoms with E-state index >= 15 is 0 Å². The van der Waals surface area contributed by atoms with Crippen molar-refractivity contribution in [2.24, 2.45) is 0 Å². The van der Waals surface area contributed by atoms with Gasteiger partial charge in [-0.3, -0.25) is 9.59 Å². The van der Waals surface area contributed by atoms with Gasteiger partial charge in [-0.25, -0.2) is 0 Å². The van der Waals surface area contributed by atoms with Crippen molar-refractivity contribution >= 4 is 11.8 Å². The van der Waals surface area contributed by atoms with Crippen LogP contribution >= 0.6 is 0 Å². The lowest BCUT2D eigenvalue weighted by Crippen LogP contribution is -2.50. The van der Waals surface area contributed by atoms with Crippen LogP contribution in [0.25, 0.3) is 0 Å². The number of para-hydroxylation sites is 1. The zero-order valence-corrected chi connectivity index (χ0v) is 17.5. The van der Waals surface area contributed by atoms with E-state index in [0.29, 0.717) is 62.7 Å². The number of hydrogen-bond acceptors (Lipinski definition) is 5. The highest BCUT2D eigenvalue weighted by Crippen LogP contribution is 2.29. The minimum atomic E-state index is -0.146. The van der Waals surface area contributed by atoms with Crippen molar-refractivity contribution in [1.82, 2.24) is 9.80 Å². The summed E-state index contributed by atoms with van der Waals surface area (Å²) < 4.78 is 16.3. The molecular formula is C23H28N2O5. The molecule has 2 amide bonds. The number of carbonyl (C=O) groups excluding carboxylic acids is 2. The van der Waals surface area contributed by atoms with Crippen LogP contribution in [-0.4, -0.2) is 68.6 Å². The molecule has 0 bridgehead atoms. The van der Waals surface area contributed by atoms with Crippen LogP contribution in [-0.2, 0) is 4.79 Å². The van der Waals surface area contributed by atoms with Crippen molar-refractivity contribution in [3.63, 3.8) is 0 Å². The van der Waals surface area contributed by atoms with Crippen LogP contribution < -0.4 is 14.2 Å². The molecule has 0 saturated carbocycles. The lowest BCUT2D eigenvalue weighted by Gasteiger charge is -2.35. The maximum absolute atomic E-state index is 13.0. The third kappa shape index (κ3) is 5.23. The molecule has 0 atom stereocenters. The normalized spacial score (nSPS) is 13.7. The van der Waals surface area contributed by atoms with Gasteiger partial charge in [0, 0.05) is 32.6 Å². The smallest absolute Gasteiger partial charge is 0.261 e. The van der Waals surface area contributed by atoms with E-state index in [9.17, 15) is 9.59 Å². The molecule has 30 heavy (non-hydrogen) atoms. The van der Waals surface area contributed by atoms with Crippen LogP contribution in [0.3, 0.4) is 0 Å². The quantitative estimate of drug-likeness (QED) is 0.624. The van der Waals surface area contributed by atoms with Gasteiger partial charge in [-0.05, 0) is 30.7 Å². The highest BCUT2D eigenvalue weighted by Gasteiger charge is 2.28. The second-order valence-electron chi connectivity index (χ2n) is 6.98. The highest BCUT2D eigenvalue weighted by molar-refractivity contribution is 5.99. The number of amides is 2. The van der Waals surface area contributed by atoms with Crippen LogP contribution in [0.5, 0.6) is 17.2 Å². The Bertz CT molecular complexity index is 826. The highest BCUT2D eigenvalue weighted by atomic mass is 16.5. The summed E-state index contributed by atoms with van der Waals surface area (Å²) in [6.45, 7) is 2.49. The van der Waals surface area contributed by atoms with Crippen LogP contribution in [0.4, 0.5) is 0 Å². The number of hydrogen-bond donors (Lipinski definition) is 0. The fourth-order valence-electron chi connectivity index (χ4n) is 3.47. The second kappa shape index (κ2) is 10.5. The first-order valence-electron chi connectivity index (χ1n) is 10.1. The summed E-state index contributed by atoms with van der Waals surface area (Å²) in [5.41, 5.74) is 0.417. The first-order valence-corrected chi connectivity index (χ1v) is 10.1. The van der Waals surface area contributed by atoms with Crippen LogP contribution in [0.1, 0.15) is 23.2 Å². The molecule has 0 aliphatic carbocycles. The monoisotopic (exact) mass is 412 g/mol. The van der Waals surface area contributed by atoms with Gasteiger partial charge in [-0.2, -0.15) is 0 Å². The molecule has 1 fully saturated rings. The zero-order valence-electron chi connectivity index (χ0n) is 17.5. The van der Waals surface area contributed by atoms with E-state index in [1.165, 1.54) is 14.2 Å². The summed E-state index contributed by atoms with van der Waals surface area (Å²) in [5.74, 6) is 1.72. The van der Waals surface area contributed by atoms with E-state index in [0.717, 1.165) is 5.75 Å². The summed E-state index contributed by atoms with van der Waals surface area (Å²) >= 11 is 0. The first kappa shape index (κ1) is 21.5. The van der Waals surface area contributed by atoms with Gasteiger partial charge in [0.15, 0.2) is 0 Å². The number of rotatable bonds is 8. The predicted octanol–water partition coefficient (Wildman–Crippen LogP) is 2.85. The second-order valence-corrected chi connectivity index (χ2v) is 6.98. The van der Waals surface area contributed by atoms with E-state index in [-0.39, 0.29) is 11.8 Å². The molecule has 0 radical (unpaired) electrons. The Morgan fingerprint density at radius 3 is 2.03 bits per heavy atom. The molecule has 0 unspecified atom stereocenters. The first-order chi connectivity index (χ1) is 14.6. The van der Waals surface area contributed by atoms with E-state index < -0.39 is 0 Å². The molecule has 0 N–H and O–H groups in total. The fraction of sp³-hybridized carbons (Fsp3) is 0.391. The Hall–Kier alpha value is -3.22. The molecule has 2 aromatic carbocycles. The maximum Gasteiger partial charge on any atom is 0.261 e. The SMILES string of the molecule is COc1cccc(OC)c1C(=O)N1CCN(C(=O)CCCOc2ccccc2)CC1. The number of nitrogens with zero attached hydrogens (tertiary/aromatic N) is 2. The van der Waals surface area contributed by atoms with Gasteiger partial charge in [0.25, 0.3) is 5.91 Å². The van der Waals surface area contributed by atoms with Crippen molar-refractivity contribution in [3.8, 4) is 17.2 Å². The topological polar surface area (TPSA) is 68.3 Å². The van der Waals surface area contributed by atoms with Crippen molar-refractivity contribution in [2.75, 3.05) is 47.0 Å². The summed E-state index contributed by atoms with van der Waals surface area (Å²) in [6.07, 6.45) is 1.09. The van der Waals surface area contributed by atoms with E-state index in [4.69, 9.17) is 14.2 Å². The molecule has 1 heterocycles. The average Bonchev–Trinajstić information content (AvgIpc) is 2.81. The van der Waals surface area contributed by atoms with Gasteiger partial charge in [-0.15, -0.1) is 0 Å². The van der Waals surface area contributed by atoms with Crippen LogP contribution in [0, 0.1) is 0 Å². The summed E-state index contributed by atoms with van der Waals surface area (Å²) in [4.78, 5) is 29.1. The standard InChI is InChI=1S/C23H28N2O5/c1-28-19-10-6-11-20(29-2)22(19)23(27)25-15-13-24(14-16-25)21(26)12-7-17-30-18-8-4-3-5-9-18/h3-6,8-11H,7,12-17H2,1-2H3. The third-order valence-electron chi connectivity index (χ3n) is 5.11. The molecule has 0 spiro atoms. The van der Waals surface area contributed by atoms with Gasteiger partial charge in [0.2, 0.25) is 5.91 Å². The van der Waals surface area contributed by atoms with Crippen LogP contribution in [0.15, 0.2) is 48.5 Å². The number of ether oxygens (including phenoxy) is 3. The van der Waals surface area contributed by atoms with Crippen LogP contribution in [0.2, 0.25) is 0 Å². The number of benzene rings is 2. The largest absolute Gasteiger partial charge is 0.496 e. The Balaban J connectivity index is 1.47. The van der Waals surface area contributed by atoms with E-state index in [2.05, 4.69) is 0 Å². The number of methoxy groups -OCH3 is 2. The number of piperazine rings is 1. The third-order valence-corrected chi connectivity index (χ3v) is 5.11. The Labute approximate surface area is 177 Å².